The van der Waals surface area contributed by atoms with Crippen molar-refractivity contribution >= 4 is 22.6 Å². The number of aromatic nitrogens is 3. The van der Waals surface area contributed by atoms with Crippen LogP contribution < -0.4 is 0 Å². The number of rotatable bonds is 1. The summed E-state index contributed by atoms with van der Waals surface area (Å²) in [6.45, 7) is 2.01. The molecule has 0 saturated carbocycles. The Balaban J connectivity index is 2.27. The van der Waals surface area contributed by atoms with Crippen molar-refractivity contribution in [2.45, 2.75) is 6.92 Å². The van der Waals surface area contributed by atoms with Gasteiger partial charge in [0, 0.05) is 5.02 Å². The van der Waals surface area contributed by atoms with E-state index in [1.165, 1.54) is 0 Å². The van der Waals surface area contributed by atoms with Crippen molar-refractivity contribution in [1.82, 2.24) is 15.0 Å². The first-order valence-corrected chi connectivity index (χ1v) is 5.70. The minimum Gasteiger partial charge on any atom is -0.213 e. The number of nitrogens with zero attached hydrogens (tertiary/aromatic N) is 3. The lowest BCUT2D eigenvalue weighted by atomic mass is 10.2. The molecule has 0 N–H and O–H groups in total. The van der Waals surface area contributed by atoms with E-state index in [4.69, 9.17) is 11.6 Å². The molecule has 2 aromatic carbocycles. The molecule has 4 heteroatoms. The predicted octanol–water partition coefficient (Wildman–Crippen LogP) is 3.38. The number of fused-ring (bicyclic) bond motifs is 1. The lowest BCUT2D eigenvalue weighted by molar-refractivity contribution is 0.819. The maximum atomic E-state index is 5.95. The summed E-state index contributed by atoms with van der Waals surface area (Å²) in [5, 5.41) is 9.05. The third-order valence-electron chi connectivity index (χ3n) is 2.74. The Morgan fingerprint density at radius 2 is 1.94 bits per heavy atom. The first kappa shape index (κ1) is 10.3. The second kappa shape index (κ2) is 3.86. The lowest BCUT2D eigenvalue weighted by Gasteiger charge is -2.06. The standard InChI is InChI=1S/C13H10ClN3/c1-9-8-10(14)6-7-12(9)17-13-5-3-2-4-11(13)15-16-17/h2-8H,1H3. The third kappa shape index (κ3) is 1.68. The fourth-order valence-corrected chi connectivity index (χ4v) is 2.13. The average molecular weight is 244 g/mol. The molecule has 3 rings (SSSR count). The van der Waals surface area contributed by atoms with E-state index in [0.717, 1.165) is 27.3 Å². The van der Waals surface area contributed by atoms with Crippen LogP contribution in [0.4, 0.5) is 0 Å². The van der Waals surface area contributed by atoms with Gasteiger partial charge in [-0.15, -0.1) is 5.10 Å². The second-order valence-corrected chi connectivity index (χ2v) is 4.36. The predicted molar refractivity (Wildman–Crippen MR) is 68.6 cm³/mol. The van der Waals surface area contributed by atoms with E-state index >= 15 is 0 Å². The second-order valence-electron chi connectivity index (χ2n) is 3.92. The van der Waals surface area contributed by atoms with Crippen LogP contribution in [0.1, 0.15) is 5.56 Å². The van der Waals surface area contributed by atoms with Crippen molar-refractivity contribution in [2.75, 3.05) is 0 Å². The highest BCUT2D eigenvalue weighted by Gasteiger charge is 2.07. The molecule has 3 aromatic rings. The molecule has 0 bridgehead atoms. The number of hydrogen-bond donors (Lipinski definition) is 0. The highest BCUT2D eigenvalue weighted by Crippen LogP contribution is 2.21. The topological polar surface area (TPSA) is 30.7 Å². The van der Waals surface area contributed by atoms with Crippen LogP contribution in [0.2, 0.25) is 5.02 Å². The van der Waals surface area contributed by atoms with Gasteiger partial charge in [-0.25, -0.2) is 4.68 Å². The van der Waals surface area contributed by atoms with Gasteiger partial charge in [-0.3, -0.25) is 0 Å². The smallest absolute Gasteiger partial charge is 0.113 e. The zero-order valence-corrected chi connectivity index (χ0v) is 10.0. The monoisotopic (exact) mass is 243 g/mol. The van der Waals surface area contributed by atoms with Crippen molar-refractivity contribution in [3.63, 3.8) is 0 Å². The highest BCUT2D eigenvalue weighted by atomic mass is 35.5. The molecular formula is C13H10ClN3. The minimum atomic E-state index is 0.732. The average Bonchev–Trinajstić information content (AvgIpc) is 2.73. The summed E-state index contributed by atoms with van der Waals surface area (Å²) >= 11 is 5.95. The van der Waals surface area contributed by atoms with Gasteiger partial charge in [0.1, 0.15) is 5.52 Å². The molecule has 0 aliphatic heterocycles. The van der Waals surface area contributed by atoms with Crippen LogP contribution in [0.25, 0.3) is 16.7 Å². The van der Waals surface area contributed by atoms with Gasteiger partial charge in [0.2, 0.25) is 0 Å². The van der Waals surface area contributed by atoms with Crippen LogP contribution in [-0.4, -0.2) is 15.0 Å². The Bertz CT molecular complexity index is 688. The third-order valence-corrected chi connectivity index (χ3v) is 2.97. The largest absolute Gasteiger partial charge is 0.213 e. The van der Waals surface area contributed by atoms with Crippen molar-refractivity contribution in [3.8, 4) is 5.69 Å². The minimum absolute atomic E-state index is 0.732. The normalized spacial score (nSPS) is 10.9. The van der Waals surface area contributed by atoms with Gasteiger partial charge >= 0.3 is 0 Å². The molecular weight excluding hydrogens is 234 g/mol. The Hall–Kier alpha value is -1.87. The van der Waals surface area contributed by atoms with Gasteiger partial charge in [-0.2, -0.15) is 0 Å². The maximum absolute atomic E-state index is 5.95. The first-order chi connectivity index (χ1) is 8.25. The van der Waals surface area contributed by atoms with Crippen LogP contribution in [0.3, 0.4) is 0 Å². The molecule has 17 heavy (non-hydrogen) atoms. The van der Waals surface area contributed by atoms with E-state index in [1.807, 2.05) is 54.1 Å². The van der Waals surface area contributed by atoms with Crippen LogP contribution in [0, 0.1) is 6.92 Å². The Morgan fingerprint density at radius 3 is 2.76 bits per heavy atom. The number of hydrogen-bond acceptors (Lipinski definition) is 2. The van der Waals surface area contributed by atoms with Crippen molar-refractivity contribution in [3.05, 3.63) is 53.1 Å². The maximum Gasteiger partial charge on any atom is 0.113 e. The van der Waals surface area contributed by atoms with Crippen LogP contribution in [-0.2, 0) is 0 Å². The summed E-state index contributed by atoms with van der Waals surface area (Å²) in [6, 6.07) is 13.6. The number of halogens is 1. The van der Waals surface area contributed by atoms with Gasteiger partial charge < -0.3 is 0 Å². The van der Waals surface area contributed by atoms with Crippen LogP contribution >= 0.6 is 11.6 Å². The molecule has 0 unspecified atom stereocenters. The zero-order chi connectivity index (χ0) is 11.8. The molecule has 0 radical (unpaired) electrons. The van der Waals surface area contributed by atoms with E-state index in [2.05, 4.69) is 10.3 Å². The fourth-order valence-electron chi connectivity index (χ4n) is 1.90. The molecule has 0 fully saturated rings. The number of para-hydroxylation sites is 1. The Labute approximate surface area is 104 Å². The Morgan fingerprint density at radius 1 is 1.12 bits per heavy atom. The molecule has 0 spiro atoms. The van der Waals surface area contributed by atoms with Gasteiger partial charge in [-0.1, -0.05) is 28.9 Å². The van der Waals surface area contributed by atoms with Crippen LogP contribution in [0.15, 0.2) is 42.5 Å². The SMILES string of the molecule is Cc1cc(Cl)ccc1-n1nnc2ccccc21. The van der Waals surface area contributed by atoms with Gasteiger partial charge in [0.15, 0.2) is 0 Å². The molecule has 84 valence electrons. The summed E-state index contributed by atoms with van der Waals surface area (Å²) in [6.07, 6.45) is 0. The molecule has 1 aromatic heterocycles. The molecule has 0 saturated heterocycles. The molecule has 0 aliphatic rings. The molecule has 3 nitrogen and oxygen atoms in total. The molecule has 0 amide bonds. The Kier molecular flexibility index (Phi) is 2.34. The summed E-state index contributed by atoms with van der Waals surface area (Å²) < 4.78 is 1.83. The van der Waals surface area contributed by atoms with Crippen molar-refractivity contribution < 1.29 is 0 Å². The van der Waals surface area contributed by atoms with Gasteiger partial charge in [0.05, 0.1) is 11.2 Å². The lowest BCUT2D eigenvalue weighted by Crippen LogP contribution is -1.98. The zero-order valence-electron chi connectivity index (χ0n) is 9.26. The van der Waals surface area contributed by atoms with Gasteiger partial charge in [-0.05, 0) is 42.8 Å². The molecule has 0 atom stereocenters. The van der Waals surface area contributed by atoms with E-state index in [1.54, 1.807) is 0 Å². The van der Waals surface area contributed by atoms with E-state index in [-0.39, 0.29) is 0 Å². The first-order valence-electron chi connectivity index (χ1n) is 5.33. The van der Waals surface area contributed by atoms with Crippen molar-refractivity contribution in [1.29, 1.82) is 0 Å². The number of benzene rings is 2. The summed E-state index contributed by atoms with van der Waals surface area (Å²) in [5.41, 5.74) is 3.97. The van der Waals surface area contributed by atoms with Gasteiger partial charge in [0.25, 0.3) is 0 Å². The quantitative estimate of drug-likeness (QED) is 0.656. The molecule has 1 heterocycles. The van der Waals surface area contributed by atoms with E-state index in [9.17, 15) is 0 Å². The summed E-state index contributed by atoms with van der Waals surface area (Å²) in [4.78, 5) is 0. The van der Waals surface area contributed by atoms with Crippen LogP contribution in [0.5, 0.6) is 0 Å². The highest BCUT2D eigenvalue weighted by molar-refractivity contribution is 6.30. The number of aryl methyl sites for hydroxylation is 1. The van der Waals surface area contributed by atoms with E-state index in [0.29, 0.717) is 0 Å². The fraction of sp³-hybridized carbons (Fsp3) is 0.0769. The van der Waals surface area contributed by atoms with Crippen molar-refractivity contribution in [2.24, 2.45) is 0 Å². The summed E-state index contributed by atoms with van der Waals surface area (Å²) in [7, 11) is 0. The summed E-state index contributed by atoms with van der Waals surface area (Å²) in [5.74, 6) is 0. The molecule has 0 aliphatic carbocycles. The van der Waals surface area contributed by atoms with E-state index < -0.39 is 0 Å².